The van der Waals surface area contributed by atoms with Gasteiger partial charge in [0, 0.05) is 19.5 Å². The van der Waals surface area contributed by atoms with Crippen LogP contribution in [0.3, 0.4) is 0 Å². The van der Waals surface area contributed by atoms with Gasteiger partial charge in [-0.05, 0) is 38.3 Å². The Morgan fingerprint density at radius 3 is 2.48 bits per heavy atom. The molecule has 0 bridgehead atoms. The standard InChI is InChI=1S/C16H29N3O2/c1-19(14-8-10-17-11-9-14)16(21)12-18-15(20)7-6-13-4-2-3-5-13/h13-14,17H,2-12H2,1H3,(H,18,20). The topological polar surface area (TPSA) is 61.4 Å². The molecule has 2 amide bonds. The molecule has 2 N–H and O–H groups in total. The Labute approximate surface area is 127 Å². The first kappa shape index (κ1) is 16.3. The minimum Gasteiger partial charge on any atom is -0.347 e. The molecule has 5 nitrogen and oxygen atoms in total. The van der Waals surface area contributed by atoms with Crippen molar-refractivity contribution in [2.24, 2.45) is 5.92 Å². The summed E-state index contributed by atoms with van der Waals surface area (Å²) >= 11 is 0. The van der Waals surface area contributed by atoms with Crippen LogP contribution in [0.1, 0.15) is 51.4 Å². The number of piperidine rings is 1. The van der Waals surface area contributed by atoms with E-state index in [1.165, 1.54) is 25.7 Å². The van der Waals surface area contributed by atoms with Crippen molar-refractivity contribution in [3.63, 3.8) is 0 Å². The molecule has 2 rings (SSSR count). The van der Waals surface area contributed by atoms with E-state index in [0.29, 0.717) is 12.5 Å². The van der Waals surface area contributed by atoms with Gasteiger partial charge in [0.2, 0.25) is 11.8 Å². The molecule has 0 aromatic rings. The molecule has 1 saturated carbocycles. The number of hydrogen-bond acceptors (Lipinski definition) is 3. The molecule has 1 saturated heterocycles. The van der Waals surface area contributed by atoms with Gasteiger partial charge in [0.05, 0.1) is 6.54 Å². The summed E-state index contributed by atoms with van der Waals surface area (Å²) in [5.74, 6) is 0.772. The van der Waals surface area contributed by atoms with Crippen molar-refractivity contribution >= 4 is 11.8 Å². The highest BCUT2D eigenvalue weighted by Gasteiger charge is 2.22. The average molecular weight is 295 g/mol. The molecule has 0 aromatic heterocycles. The molecule has 0 atom stereocenters. The van der Waals surface area contributed by atoms with Gasteiger partial charge in [0.1, 0.15) is 0 Å². The van der Waals surface area contributed by atoms with Crippen molar-refractivity contribution in [2.45, 2.75) is 57.4 Å². The number of amides is 2. The monoisotopic (exact) mass is 295 g/mol. The Balaban J connectivity index is 1.61. The van der Waals surface area contributed by atoms with Crippen LogP contribution in [-0.2, 0) is 9.59 Å². The first-order chi connectivity index (χ1) is 10.2. The summed E-state index contributed by atoms with van der Waals surface area (Å²) in [6.45, 7) is 2.08. The summed E-state index contributed by atoms with van der Waals surface area (Å²) in [6.07, 6.45) is 8.70. The molecule has 2 aliphatic rings. The largest absolute Gasteiger partial charge is 0.347 e. The summed E-state index contributed by atoms with van der Waals surface area (Å²) in [5.41, 5.74) is 0. The molecular formula is C16H29N3O2. The van der Waals surface area contributed by atoms with Crippen molar-refractivity contribution in [2.75, 3.05) is 26.7 Å². The second-order valence-corrected chi connectivity index (χ2v) is 6.45. The van der Waals surface area contributed by atoms with Crippen LogP contribution < -0.4 is 10.6 Å². The second kappa shape index (κ2) is 8.37. The Morgan fingerprint density at radius 2 is 1.81 bits per heavy atom. The van der Waals surface area contributed by atoms with Gasteiger partial charge in [-0.25, -0.2) is 0 Å². The fourth-order valence-electron chi connectivity index (χ4n) is 3.42. The molecule has 1 heterocycles. The van der Waals surface area contributed by atoms with Crippen molar-refractivity contribution in [1.29, 1.82) is 0 Å². The summed E-state index contributed by atoms with van der Waals surface area (Å²) in [6, 6.07) is 0.314. The average Bonchev–Trinajstić information content (AvgIpc) is 3.04. The first-order valence-corrected chi connectivity index (χ1v) is 8.40. The number of carbonyl (C=O) groups is 2. The number of rotatable bonds is 6. The zero-order valence-corrected chi connectivity index (χ0v) is 13.2. The van der Waals surface area contributed by atoms with Crippen LogP contribution in [0.25, 0.3) is 0 Å². The summed E-state index contributed by atoms with van der Waals surface area (Å²) in [5, 5.41) is 6.08. The van der Waals surface area contributed by atoms with Crippen LogP contribution in [-0.4, -0.2) is 49.4 Å². The van der Waals surface area contributed by atoms with Gasteiger partial charge in [0.15, 0.2) is 0 Å². The number of carbonyl (C=O) groups excluding carboxylic acids is 2. The number of nitrogens with one attached hydrogen (secondary N) is 2. The predicted octanol–water partition coefficient (Wildman–Crippen LogP) is 1.28. The van der Waals surface area contributed by atoms with E-state index < -0.39 is 0 Å². The predicted molar refractivity (Wildman–Crippen MR) is 82.9 cm³/mol. The Hall–Kier alpha value is -1.10. The van der Waals surface area contributed by atoms with E-state index in [1.807, 2.05) is 7.05 Å². The highest BCUT2D eigenvalue weighted by atomic mass is 16.2. The van der Waals surface area contributed by atoms with Crippen molar-refractivity contribution in [1.82, 2.24) is 15.5 Å². The van der Waals surface area contributed by atoms with Crippen LogP contribution in [0.2, 0.25) is 0 Å². The van der Waals surface area contributed by atoms with Crippen molar-refractivity contribution in [3.8, 4) is 0 Å². The molecule has 0 radical (unpaired) electrons. The summed E-state index contributed by atoms with van der Waals surface area (Å²) in [7, 11) is 1.85. The molecule has 1 aliphatic heterocycles. The maximum atomic E-state index is 12.1. The lowest BCUT2D eigenvalue weighted by Crippen LogP contribution is -2.47. The van der Waals surface area contributed by atoms with Gasteiger partial charge in [0.25, 0.3) is 0 Å². The van der Waals surface area contributed by atoms with Crippen LogP contribution in [0.4, 0.5) is 0 Å². The molecule has 5 heteroatoms. The smallest absolute Gasteiger partial charge is 0.241 e. The van der Waals surface area contributed by atoms with Gasteiger partial charge in [-0.2, -0.15) is 0 Å². The first-order valence-electron chi connectivity index (χ1n) is 8.40. The van der Waals surface area contributed by atoms with E-state index in [2.05, 4.69) is 10.6 Å². The highest BCUT2D eigenvalue weighted by molar-refractivity contribution is 5.84. The fraction of sp³-hybridized carbons (Fsp3) is 0.875. The van der Waals surface area contributed by atoms with Gasteiger partial charge in [-0.3, -0.25) is 9.59 Å². The van der Waals surface area contributed by atoms with E-state index in [9.17, 15) is 9.59 Å². The third kappa shape index (κ3) is 5.30. The van der Waals surface area contributed by atoms with Crippen LogP contribution >= 0.6 is 0 Å². The van der Waals surface area contributed by atoms with E-state index in [4.69, 9.17) is 0 Å². The maximum absolute atomic E-state index is 12.1. The molecule has 120 valence electrons. The van der Waals surface area contributed by atoms with Gasteiger partial charge in [-0.1, -0.05) is 25.7 Å². The minimum absolute atomic E-state index is 0.0222. The number of nitrogens with zero attached hydrogens (tertiary/aromatic N) is 1. The number of hydrogen-bond donors (Lipinski definition) is 2. The zero-order chi connectivity index (χ0) is 15.1. The number of likely N-dealkylation sites (N-methyl/N-ethyl adjacent to an activating group) is 1. The van der Waals surface area contributed by atoms with E-state index in [-0.39, 0.29) is 18.4 Å². The van der Waals surface area contributed by atoms with Gasteiger partial charge in [-0.15, -0.1) is 0 Å². The van der Waals surface area contributed by atoms with Crippen LogP contribution in [0.5, 0.6) is 0 Å². The quantitative estimate of drug-likeness (QED) is 0.776. The molecule has 0 unspecified atom stereocenters. The summed E-state index contributed by atoms with van der Waals surface area (Å²) < 4.78 is 0. The second-order valence-electron chi connectivity index (χ2n) is 6.45. The van der Waals surface area contributed by atoms with E-state index in [1.54, 1.807) is 4.90 Å². The Morgan fingerprint density at radius 1 is 1.14 bits per heavy atom. The van der Waals surface area contributed by atoms with Crippen molar-refractivity contribution < 1.29 is 9.59 Å². The molecule has 0 spiro atoms. The molecular weight excluding hydrogens is 266 g/mol. The Bertz CT molecular complexity index is 347. The summed E-state index contributed by atoms with van der Waals surface area (Å²) in [4.78, 5) is 25.7. The van der Waals surface area contributed by atoms with Crippen LogP contribution in [0, 0.1) is 5.92 Å². The molecule has 21 heavy (non-hydrogen) atoms. The zero-order valence-electron chi connectivity index (χ0n) is 13.2. The third-order valence-corrected chi connectivity index (χ3v) is 4.94. The SMILES string of the molecule is CN(C(=O)CNC(=O)CCC1CCCC1)C1CCNCC1. The normalized spacial score (nSPS) is 20.4. The van der Waals surface area contributed by atoms with Gasteiger partial charge < -0.3 is 15.5 Å². The molecule has 2 fully saturated rings. The van der Waals surface area contributed by atoms with Gasteiger partial charge >= 0.3 is 0 Å². The minimum atomic E-state index is 0.0222. The molecule has 1 aliphatic carbocycles. The lowest BCUT2D eigenvalue weighted by atomic mass is 10.0. The third-order valence-electron chi connectivity index (χ3n) is 4.94. The van der Waals surface area contributed by atoms with E-state index >= 15 is 0 Å². The lowest BCUT2D eigenvalue weighted by Gasteiger charge is -2.31. The maximum Gasteiger partial charge on any atom is 0.241 e. The Kier molecular flexibility index (Phi) is 6.49. The lowest BCUT2D eigenvalue weighted by molar-refractivity contribution is -0.134. The van der Waals surface area contributed by atoms with Crippen molar-refractivity contribution in [3.05, 3.63) is 0 Å². The highest BCUT2D eigenvalue weighted by Crippen LogP contribution is 2.28. The van der Waals surface area contributed by atoms with E-state index in [0.717, 1.165) is 38.3 Å². The fourth-order valence-corrected chi connectivity index (χ4v) is 3.42. The molecule has 0 aromatic carbocycles. The van der Waals surface area contributed by atoms with Crippen LogP contribution in [0.15, 0.2) is 0 Å².